The molecule has 2 aromatic rings. The number of rotatable bonds is 2. The molecular weight excluding hydrogens is 356 g/mol. The second-order valence-electron chi connectivity index (χ2n) is 4.44. The Bertz CT molecular complexity index is 580. The lowest BCUT2D eigenvalue weighted by Crippen LogP contribution is -1.94. The molecule has 3 heteroatoms. The van der Waals surface area contributed by atoms with Gasteiger partial charge in [-0.05, 0) is 34.4 Å². The summed E-state index contributed by atoms with van der Waals surface area (Å²) >= 11 is 7.29. The molecule has 0 aromatic heterocycles. The topological polar surface area (TPSA) is 9.23 Å². The van der Waals surface area contributed by atoms with Crippen LogP contribution in [0.1, 0.15) is 27.1 Å². The molecule has 0 spiro atoms. The summed E-state index contributed by atoms with van der Waals surface area (Å²) in [5.41, 5.74) is 5.15. The summed E-state index contributed by atoms with van der Waals surface area (Å²) in [5.74, 6) is 0. The molecule has 1 atom stereocenters. The first-order valence-electron chi connectivity index (χ1n) is 5.83. The molecular formula is C15H12Br2O. The van der Waals surface area contributed by atoms with E-state index in [1.54, 1.807) is 0 Å². The van der Waals surface area contributed by atoms with Crippen LogP contribution in [0.4, 0.5) is 0 Å². The number of hydrogen-bond acceptors (Lipinski definition) is 1. The number of fused-ring (bicyclic) bond motifs is 1. The molecule has 1 unspecified atom stereocenters. The molecule has 0 amide bonds. The molecule has 3 rings (SSSR count). The fourth-order valence-corrected chi connectivity index (χ4v) is 3.19. The van der Waals surface area contributed by atoms with Gasteiger partial charge >= 0.3 is 0 Å². The van der Waals surface area contributed by atoms with E-state index in [9.17, 15) is 0 Å². The van der Waals surface area contributed by atoms with Crippen molar-refractivity contribution in [3.8, 4) is 0 Å². The molecule has 1 nitrogen and oxygen atoms in total. The Morgan fingerprint density at radius 1 is 0.944 bits per heavy atom. The van der Waals surface area contributed by atoms with Crippen molar-refractivity contribution < 1.29 is 4.74 Å². The number of ether oxygens (including phenoxy) is 1. The Morgan fingerprint density at radius 2 is 1.72 bits per heavy atom. The van der Waals surface area contributed by atoms with Crippen LogP contribution in [0.15, 0.2) is 46.9 Å². The second kappa shape index (κ2) is 5.16. The Morgan fingerprint density at radius 3 is 2.56 bits per heavy atom. The van der Waals surface area contributed by atoms with E-state index in [2.05, 4.69) is 68.3 Å². The van der Waals surface area contributed by atoms with E-state index in [1.165, 1.54) is 22.3 Å². The van der Waals surface area contributed by atoms with Crippen molar-refractivity contribution in [3.63, 3.8) is 0 Å². The van der Waals surface area contributed by atoms with E-state index >= 15 is 0 Å². The predicted molar refractivity (Wildman–Crippen MR) is 79.8 cm³/mol. The Balaban J connectivity index is 1.95. The normalized spacial score (nSPS) is 15.4. The molecule has 0 saturated carbocycles. The average molecular weight is 368 g/mol. The van der Waals surface area contributed by atoms with E-state index in [0.29, 0.717) is 0 Å². The maximum atomic E-state index is 5.45. The largest absolute Gasteiger partial charge is 0.372 e. The maximum Gasteiger partial charge on any atom is 0.0725 e. The van der Waals surface area contributed by atoms with Gasteiger partial charge in [-0.3, -0.25) is 0 Å². The zero-order valence-corrected chi connectivity index (χ0v) is 12.9. The Hall–Kier alpha value is -0.640. The highest BCUT2D eigenvalue weighted by atomic mass is 79.9. The van der Waals surface area contributed by atoms with Crippen molar-refractivity contribution in [2.75, 3.05) is 0 Å². The van der Waals surface area contributed by atoms with Crippen molar-refractivity contribution >= 4 is 31.9 Å². The molecule has 18 heavy (non-hydrogen) atoms. The van der Waals surface area contributed by atoms with Gasteiger partial charge in [-0.15, -0.1) is 0 Å². The zero-order chi connectivity index (χ0) is 12.5. The third kappa shape index (κ3) is 2.40. The summed E-state index contributed by atoms with van der Waals surface area (Å²) in [6.07, 6.45) is 0. The van der Waals surface area contributed by atoms with Crippen molar-refractivity contribution in [2.45, 2.75) is 18.0 Å². The molecule has 92 valence electrons. The van der Waals surface area contributed by atoms with E-state index in [0.717, 1.165) is 17.7 Å². The molecule has 0 bridgehead atoms. The molecule has 0 fully saturated rings. The summed E-state index contributed by atoms with van der Waals surface area (Å²) in [6.45, 7) is 1.49. The van der Waals surface area contributed by atoms with Crippen LogP contribution in [0, 0.1) is 0 Å². The predicted octanol–water partition coefficient (Wildman–Crippen LogP) is 4.96. The van der Waals surface area contributed by atoms with Crippen LogP contribution in [0.5, 0.6) is 0 Å². The van der Waals surface area contributed by atoms with E-state index < -0.39 is 0 Å². The van der Waals surface area contributed by atoms with Gasteiger partial charge in [-0.2, -0.15) is 0 Å². The highest BCUT2D eigenvalue weighted by Gasteiger charge is 2.15. The first-order valence-corrected chi connectivity index (χ1v) is 7.54. The molecule has 0 saturated heterocycles. The highest BCUT2D eigenvalue weighted by molar-refractivity contribution is 9.10. The smallest absolute Gasteiger partial charge is 0.0725 e. The van der Waals surface area contributed by atoms with Crippen molar-refractivity contribution in [3.05, 3.63) is 69.2 Å². The minimum Gasteiger partial charge on any atom is -0.372 e. The van der Waals surface area contributed by atoms with Crippen molar-refractivity contribution in [2.24, 2.45) is 0 Å². The zero-order valence-electron chi connectivity index (χ0n) is 9.70. The molecule has 2 aromatic carbocycles. The molecule has 1 aliphatic heterocycles. The van der Waals surface area contributed by atoms with Crippen LogP contribution in [-0.4, -0.2) is 0 Å². The average Bonchev–Trinajstić information content (AvgIpc) is 2.85. The number of hydrogen-bond donors (Lipinski definition) is 0. The number of halogens is 2. The SMILES string of the molecule is Brc1cccc(C(Br)c2ccc3c(c2)COC3)c1. The monoisotopic (exact) mass is 366 g/mol. The maximum absolute atomic E-state index is 5.45. The number of benzene rings is 2. The lowest BCUT2D eigenvalue weighted by atomic mass is 10.0. The highest BCUT2D eigenvalue weighted by Crippen LogP contribution is 2.34. The van der Waals surface area contributed by atoms with Gasteiger partial charge in [0.25, 0.3) is 0 Å². The van der Waals surface area contributed by atoms with Crippen molar-refractivity contribution in [1.82, 2.24) is 0 Å². The van der Waals surface area contributed by atoms with Crippen LogP contribution in [-0.2, 0) is 18.0 Å². The summed E-state index contributed by atoms with van der Waals surface area (Å²) in [5, 5.41) is 0. The molecule has 0 radical (unpaired) electrons. The van der Waals surface area contributed by atoms with Crippen LogP contribution in [0.3, 0.4) is 0 Å². The first kappa shape index (κ1) is 12.4. The first-order chi connectivity index (χ1) is 8.74. The van der Waals surface area contributed by atoms with Gasteiger partial charge in [0.2, 0.25) is 0 Å². The minimum atomic E-state index is 0.223. The fraction of sp³-hybridized carbons (Fsp3) is 0.200. The number of alkyl halides is 1. The van der Waals surface area contributed by atoms with Gasteiger partial charge in [0.1, 0.15) is 0 Å². The summed E-state index contributed by atoms with van der Waals surface area (Å²) < 4.78 is 6.56. The van der Waals surface area contributed by atoms with Crippen LogP contribution in [0.2, 0.25) is 0 Å². The molecule has 0 N–H and O–H groups in total. The minimum absolute atomic E-state index is 0.223. The standard InChI is InChI=1S/C15H12Br2O/c16-14-3-1-2-10(7-14)15(17)11-4-5-12-8-18-9-13(12)6-11/h1-7,15H,8-9H2. The molecule has 1 aliphatic rings. The van der Waals surface area contributed by atoms with Crippen LogP contribution < -0.4 is 0 Å². The Labute approximate surface area is 123 Å². The van der Waals surface area contributed by atoms with Gasteiger partial charge in [0, 0.05) is 4.47 Å². The van der Waals surface area contributed by atoms with Gasteiger partial charge in [-0.1, -0.05) is 62.2 Å². The van der Waals surface area contributed by atoms with Crippen LogP contribution >= 0.6 is 31.9 Å². The summed E-state index contributed by atoms with van der Waals surface area (Å²) in [7, 11) is 0. The lowest BCUT2D eigenvalue weighted by molar-refractivity contribution is 0.134. The molecule has 0 aliphatic carbocycles. The van der Waals surface area contributed by atoms with Gasteiger partial charge in [0.05, 0.1) is 18.0 Å². The summed E-state index contributed by atoms with van der Waals surface area (Å²) in [6, 6.07) is 15.0. The van der Waals surface area contributed by atoms with Gasteiger partial charge in [-0.25, -0.2) is 0 Å². The fourth-order valence-electron chi connectivity index (χ4n) is 2.21. The van der Waals surface area contributed by atoms with E-state index in [-0.39, 0.29) is 4.83 Å². The van der Waals surface area contributed by atoms with Gasteiger partial charge in [0.15, 0.2) is 0 Å². The third-order valence-electron chi connectivity index (χ3n) is 3.18. The van der Waals surface area contributed by atoms with E-state index in [1.807, 2.05) is 6.07 Å². The summed E-state index contributed by atoms with van der Waals surface area (Å²) in [4.78, 5) is 0.223. The Kier molecular flexibility index (Phi) is 3.55. The quantitative estimate of drug-likeness (QED) is 0.681. The second-order valence-corrected chi connectivity index (χ2v) is 6.27. The van der Waals surface area contributed by atoms with Crippen molar-refractivity contribution in [1.29, 1.82) is 0 Å². The van der Waals surface area contributed by atoms with Gasteiger partial charge < -0.3 is 4.74 Å². The third-order valence-corrected chi connectivity index (χ3v) is 4.73. The molecule has 1 heterocycles. The lowest BCUT2D eigenvalue weighted by Gasteiger charge is -2.12. The van der Waals surface area contributed by atoms with E-state index in [4.69, 9.17) is 4.74 Å². The van der Waals surface area contributed by atoms with Crippen LogP contribution in [0.25, 0.3) is 0 Å².